The molecule has 0 unspecified atom stereocenters. The monoisotopic (exact) mass is 352 g/mol. The topological polar surface area (TPSA) is 23.6 Å². The average Bonchev–Trinajstić information content (AvgIpc) is 2.84. The Morgan fingerprint density at radius 1 is 1.13 bits per heavy atom. The van der Waals surface area contributed by atoms with Gasteiger partial charge in [0, 0.05) is 37.2 Å². The van der Waals surface area contributed by atoms with Crippen LogP contribution in [0.25, 0.3) is 0 Å². The second kappa shape index (κ2) is 8.41. The van der Waals surface area contributed by atoms with E-state index in [0.717, 1.165) is 44.2 Å². The predicted molar refractivity (Wildman–Crippen MR) is 98.3 cm³/mol. The maximum absolute atomic E-state index is 12.6. The number of hydrogen-bond donors (Lipinski definition) is 0. The molecule has 1 amide bonds. The molecule has 2 aliphatic rings. The molecule has 126 valence electrons. The Balaban J connectivity index is 1.55. The lowest BCUT2D eigenvalue weighted by molar-refractivity contribution is -0.130. The Morgan fingerprint density at radius 3 is 2.70 bits per heavy atom. The van der Waals surface area contributed by atoms with Crippen molar-refractivity contribution in [3.63, 3.8) is 0 Å². The highest BCUT2D eigenvalue weighted by molar-refractivity contribution is 7.99. The molecule has 0 aliphatic carbocycles. The Labute approximate surface area is 148 Å². The van der Waals surface area contributed by atoms with E-state index in [4.69, 9.17) is 11.6 Å². The van der Waals surface area contributed by atoms with E-state index >= 15 is 0 Å². The second-order valence-electron chi connectivity index (χ2n) is 6.38. The summed E-state index contributed by atoms with van der Waals surface area (Å²) < 4.78 is 0. The molecule has 0 N–H and O–H groups in total. The minimum absolute atomic E-state index is 0.208. The highest BCUT2D eigenvalue weighted by Gasteiger charge is 2.25. The van der Waals surface area contributed by atoms with E-state index in [9.17, 15) is 4.79 Å². The predicted octanol–water partition coefficient (Wildman–Crippen LogP) is 3.31. The Kier molecular flexibility index (Phi) is 6.26. The first-order valence-electron chi connectivity index (χ1n) is 8.57. The van der Waals surface area contributed by atoms with Gasteiger partial charge in [-0.05, 0) is 42.4 Å². The maximum atomic E-state index is 12.6. The molecular formula is C18H25ClN2OS. The molecule has 5 heteroatoms. The molecule has 3 rings (SSSR count). The smallest absolute Gasteiger partial charge is 0.227 e. The number of halogens is 1. The van der Waals surface area contributed by atoms with Crippen LogP contribution >= 0.6 is 23.4 Å². The molecule has 0 bridgehead atoms. The van der Waals surface area contributed by atoms with Crippen molar-refractivity contribution in [3.8, 4) is 0 Å². The molecule has 23 heavy (non-hydrogen) atoms. The SMILES string of the molecule is O=C(Cc1ccccc1Cl)N1CCCN(C2CCSCC2)CC1. The zero-order valence-electron chi connectivity index (χ0n) is 13.5. The van der Waals surface area contributed by atoms with Crippen molar-refractivity contribution in [3.05, 3.63) is 34.9 Å². The van der Waals surface area contributed by atoms with Gasteiger partial charge in [0.15, 0.2) is 0 Å². The molecule has 1 aromatic carbocycles. The van der Waals surface area contributed by atoms with Crippen LogP contribution in [0.5, 0.6) is 0 Å². The normalized spacial score (nSPS) is 21.2. The van der Waals surface area contributed by atoms with Gasteiger partial charge in [0.25, 0.3) is 0 Å². The lowest BCUT2D eigenvalue weighted by Gasteiger charge is -2.33. The minimum atomic E-state index is 0.208. The molecule has 0 aromatic heterocycles. The third-order valence-corrected chi connectivity index (χ3v) is 6.31. The van der Waals surface area contributed by atoms with E-state index in [-0.39, 0.29) is 5.91 Å². The number of nitrogens with zero attached hydrogens (tertiary/aromatic N) is 2. The summed E-state index contributed by atoms with van der Waals surface area (Å²) in [4.78, 5) is 17.2. The molecule has 2 aliphatic heterocycles. The van der Waals surface area contributed by atoms with Gasteiger partial charge < -0.3 is 4.90 Å². The summed E-state index contributed by atoms with van der Waals surface area (Å²) in [5.41, 5.74) is 0.935. The Bertz CT molecular complexity index is 534. The van der Waals surface area contributed by atoms with Crippen LogP contribution in [0, 0.1) is 0 Å². The number of benzene rings is 1. The molecule has 0 saturated carbocycles. The molecule has 3 nitrogen and oxygen atoms in total. The number of carbonyl (C=O) groups is 1. The summed E-state index contributed by atoms with van der Waals surface area (Å²) in [7, 11) is 0. The fraction of sp³-hybridized carbons (Fsp3) is 0.611. The fourth-order valence-corrected chi connectivity index (χ4v) is 4.80. The van der Waals surface area contributed by atoms with E-state index in [1.165, 1.54) is 24.3 Å². The van der Waals surface area contributed by atoms with E-state index in [0.29, 0.717) is 11.4 Å². The van der Waals surface area contributed by atoms with Gasteiger partial charge in [-0.15, -0.1) is 0 Å². The standard InChI is InChI=1S/C18H25ClN2OS/c19-17-5-2-1-4-15(17)14-18(22)21-9-3-8-20(10-11-21)16-6-12-23-13-7-16/h1-2,4-5,16H,3,6-14H2. The van der Waals surface area contributed by atoms with E-state index < -0.39 is 0 Å². The van der Waals surface area contributed by atoms with Crippen LogP contribution in [0.1, 0.15) is 24.8 Å². The first kappa shape index (κ1) is 17.1. The van der Waals surface area contributed by atoms with Crippen LogP contribution in [0.15, 0.2) is 24.3 Å². The maximum Gasteiger partial charge on any atom is 0.227 e. The first-order valence-corrected chi connectivity index (χ1v) is 10.1. The van der Waals surface area contributed by atoms with Crippen LogP contribution in [0.4, 0.5) is 0 Å². The van der Waals surface area contributed by atoms with Crippen LogP contribution in [-0.4, -0.2) is 59.4 Å². The second-order valence-corrected chi connectivity index (χ2v) is 8.01. The van der Waals surface area contributed by atoms with E-state index in [1.807, 2.05) is 29.2 Å². The van der Waals surface area contributed by atoms with Gasteiger partial charge in [-0.3, -0.25) is 9.69 Å². The van der Waals surface area contributed by atoms with Crippen molar-refractivity contribution in [2.45, 2.75) is 31.7 Å². The number of rotatable bonds is 3. The van der Waals surface area contributed by atoms with Crippen LogP contribution in [0.3, 0.4) is 0 Å². The van der Waals surface area contributed by atoms with Gasteiger partial charge in [-0.1, -0.05) is 29.8 Å². The lowest BCUT2D eigenvalue weighted by Crippen LogP contribution is -2.41. The summed E-state index contributed by atoms with van der Waals surface area (Å²) in [5, 5.41) is 0.692. The highest BCUT2D eigenvalue weighted by atomic mass is 35.5. The quantitative estimate of drug-likeness (QED) is 0.833. The van der Waals surface area contributed by atoms with Gasteiger partial charge in [0.05, 0.1) is 6.42 Å². The van der Waals surface area contributed by atoms with Gasteiger partial charge in [-0.2, -0.15) is 11.8 Å². The first-order chi connectivity index (χ1) is 11.2. The van der Waals surface area contributed by atoms with Crippen LogP contribution in [0.2, 0.25) is 5.02 Å². The minimum Gasteiger partial charge on any atom is -0.341 e. The zero-order valence-corrected chi connectivity index (χ0v) is 15.1. The Morgan fingerprint density at radius 2 is 1.91 bits per heavy atom. The molecule has 0 atom stereocenters. The van der Waals surface area contributed by atoms with E-state index in [1.54, 1.807) is 0 Å². The van der Waals surface area contributed by atoms with Crippen LogP contribution in [-0.2, 0) is 11.2 Å². The summed E-state index contributed by atoms with van der Waals surface area (Å²) in [6, 6.07) is 8.39. The average molecular weight is 353 g/mol. The molecule has 1 aromatic rings. The van der Waals surface area contributed by atoms with Crippen molar-refractivity contribution in [2.75, 3.05) is 37.7 Å². The van der Waals surface area contributed by atoms with Crippen molar-refractivity contribution in [1.29, 1.82) is 0 Å². The Hall–Kier alpha value is -0.710. The molecule has 2 heterocycles. The third-order valence-electron chi connectivity index (χ3n) is 4.89. The van der Waals surface area contributed by atoms with Gasteiger partial charge in [-0.25, -0.2) is 0 Å². The number of thioether (sulfide) groups is 1. The zero-order chi connectivity index (χ0) is 16.1. The highest BCUT2D eigenvalue weighted by Crippen LogP contribution is 2.23. The summed E-state index contributed by atoms with van der Waals surface area (Å²) in [6.45, 7) is 3.88. The van der Waals surface area contributed by atoms with Crippen molar-refractivity contribution in [2.24, 2.45) is 0 Å². The van der Waals surface area contributed by atoms with Crippen molar-refractivity contribution in [1.82, 2.24) is 9.80 Å². The lowest BCUT2D eigenvalue weighted by atomic mass is 10.1. The van der Waals surface area contributed by atoms with Crippen molar-refractivity contribution < 1.29 is 4.79 Å². The van der Waals surface area contributed by atoms with Crippen LogP contribution < -0.4 is 0 Å². The summed E-state index contributed by atoms with van der Waals surface area (Å²) in [6.07, 6.45) is 4.11. The molecule has 2 saturated heterocycles. The van der Waals surface area contributed by atoms with Gasteiger partial charge in [0.1, 0.15) is 0 Å². The van der Waals surface area contributed by atoms with Crippen molar-refractivity contribution >= 4 is 29.3 Å². The number of amides is 1. The fourth-order valence-electron chi connectivity index (χ4n) is 3.52. The summed E-state index contributed by atoms with van der Waals surface area (Å²) >= 11 is 8.26. The van der Waals surface area contributed by atoms with Gasteiger partial charge in [0.2, 0.25) is 5.91 Å². The largest absolute Gasteiger partial charge is 0.341 e. The molecule has 2 fully saturated rings. The number of hydrogen-bond acceptors (Lipinski definition) is 3. The third kappa shape index (κ3) is 4.65. The molecule has 0 spiro atoms. The molecular weight excluding hydrogens is 328 g/mol. The summed E-state index contributed by atoms with van der Waals surface area (Å²) in [5.74, 6) is 2.78. The molecule has 0 radical (unpaired) electrons. The number of carbonyl (C=O) groups excluding carboxylic acids is 1. The van der Waals surface area contributed by atoms with Gasteiger partial charge >= 0.3 is 0 Å². The van der Waals surface area contributed by atoms with E-state index in [2.05, 4.69) is 16.7 Å².